The Morgan fingerprint density at radius 1 is 1.53 bits per heavy atom. The molecule has 1 aliphatic heterocycles. The number of ether oxygens (including phenoxy) is 1. The molecule has 0 saturated carbocycles. The first-order chi connectivity index (χ1) is 8.91. The maximum absolute atomic E-state index is 13.7. The van der Waals surface area contributed by atoms with Crippen LogP contribution in [0.4, 0.5) is 15.8 Å². The Morgan fingerprint density at radius 3 is 2.84 bits per heavy atom. The molecule has 1 saturated heterocycles. The quantitative estimate of drug-likeness (QED) is 0.815. The molecule has 1 unspecified atom stereocenters. The zero-order chi connectivity index (χ0) is 14.0. The van der Waals surface area contributed by atoms with Crippen molar-refractivity contribution < 1.29 is 17.5 Å². The molecule has 0 spiro atoms. The van der Waals surface area contributed by atoms with Crippen molar-refractivity contribution in [1.82, 2.24) is 0 Å². The van der Waals surface area contributed by atoms with Crippen LogP contribution in [-0.2, 0) is 9.84 Å². The van der Waals surface area contributed by atoms with Crippen LogP contribution in [0.25, 0.3) is 0 Å². The van der Waals surface area contributed by atoms with Crippen LogP contribution in [0.1, 0.15) is 6.42 Å². The number of methoxy groups -OCH3 is 1. The smallest absolute Gasteiger partial charge is 0.150 e. The Morgan fingerprint density at radius 2 is 2.26 bits per heavy atom. The summed E-state index contributed by atoms with van der Waals surface area (Å²) in [7, 11) is -1.45. The van der Waals surface area contributed by atoms with E-state index in [1.807, 2.05) is 0 Å². The van der Waals surface area contributed by atoms with E-state index in [1.54, 1.807) is 0 Å². The van der Waals surface area contributed by atoms with Crippen molar-refractivity contribution in [2.45, 2.75) is 6.42 Å². The lowest BCUT2D eigenvalue weighted by Crippen LogP contribution is -2.16. The van der Waals surface area contributed by atoms with Crippen LogP contribution in [0.15, 0.2) is 12.1 Å². The van der Waals surface area contributed by atoms with E-state index in [1.165, 1.54) is 19.2 Å². The maximum Gasteiger partial charge on any atom is 0.150 e. The van der Waals surface area contributed by atoms with Gasteiger partial charge in [-0.3, -0.25) is 0 Å². The number of nitrogens with one attached hydrogen (secondary N) is 1. The Bertz CT molecular complexity index is 575. The van der Waals surface area contributed by atoms with E-state index in [0.29, 0.717) is 18.7 Å². The highest BCUT2D eigenvalue weighted by Gasteiger charge is 2.27. The van der Waals surface area contributed by atoms with Crippen LogP contribution in [0.5, 0.6) is 5.75 Å². The Hall–Kier alpha value is -1.50. The first-order valence-electron chi connectivity index (χ1n) is 5.98. The topological polar surface area (TPSA) is 81.4 Å². The van der Waals surface area contributed by atoms with Crippen molar-refractivity contribution in [1.29, 1.82) is 0 Å². The second-order valence-corrected chi connectivity index (χ2v) is 6.95. The molecule has 1 aliphatic rings. The van der Waals surface area contributed by atoms with Crippen LogP contribution in [0.2, 0.25) is 0 Å². The van der Waals surface area contributed by atoms with Crippen molar-refractivity contribution in [3.8, 4) is 5.75 Å². The molecule has 0 bridgehead atoms. The van der Waals surface area contributed by atoms with E-state index < -0.39 is 15.7 Å². The summed E-state index contributed by atoms with van der Waals surface area (Å²) in [4.78, 5) is 0. The average molecular weight is 288 g/mol. The second-order valence-electron chi connectivity index (χ2n) is 4.72. The van der Waals surface area contributed by atoms with Gasteiger partial charge in [0.2, 0.25) is 0 Å². The maximum atomic E-state index is 13.7. The van der Waals surface area contributed by atoms with Gasteiger partial charge in [-0.15, -0.1) is 0 Å². The molecule has 0 aromatic heterocycles. The van der Waals surface area contributed by atoms with E-state index in [0.717, 1.165) is 0 Å². The number of anilines is 2. The molecule has 1 heterocycles. The van der Waals surface area contributed by atoms with Crippen molar-refractivity contribution in [2.24, 2.45) is 5.92 Å². The largest absolute Gasteiger partial charge is 0.495 e. The number of halogens is 1. The first-order valence-corrected chi connectivity index (χ1v) is 7.81. The first kappa shape index (κ1) is 13.9. The average Bonchev–Trinajstić information content (AvgIpc) is 2.68. The van der Waals surface area contributed by atoms with Crippen molar-refractivity contribution in [2.75, 3.05) is 36.2 Å². The van der Waals surface area contributed by atoms with Gasteiger partial charge >= 0.3 is 0 Å². The predicted octanol–water partition coefficient (Wildman–Crippen LogP) is 1.26. The molecule has 1 fully saturated rings. The number of nitrogens with two attached hydrogens (primary N) is 1. The van der Waals surface area contributed by atoms with Gasteiger partial charge in [0.05, 0.1) is 30.0 Å². The van der Waals surface area contributed by atoms with Gasteiger partial charge in [-0.25, -0.2) is 12.8 Å². The molecule has 1 atom stereocenters. The molecule has 7 heteroatoms. The number of benzene rings is 1. The lowest BCUT2D eigenvalue weighted by Gasteiger charge is -2.13. The van der Waals surface area contributed by atoms with Gasteiger partial charge in [0.15, 0.2) is 9.84 Å². The molecule has 0 amide bonds. The summed E-state index contributed by atoms with van der Waals surface area (Å²) >= 11 is 0. The van der Waals surface area contributed by atoms with Crippen LogP contribution < -0.4 is 15.8 Å². The number of rotatable bonds is 4. The van der Waals surface area contributed by atoms with E-state index >= 15 is 0 Å². The summed E-state index contributed by atoms with van der Waals surface area (Å²) in [6, 6.07) is 2.67. The third-order valence-electron chi connectivity index (χ3n) is 3.23. The lowest BCUT2D eigenvalue weighted by molar-refractivity contribution is 0.416. The Kier molecular flexibility index (Phi) is 3.84. The van der Waals surface area contributed by atoms with Crippen LogP contribution in [-0.4, -0.2) is 33.6 Å². The van der Waals surface area contributed by atoms with Gasteiger partial charge in [0.1, 0.15) is 11.6 Å². The van der Waals surface area contributed by atoms with E-state index in [9.17, 15) is 12.8 Å². The summed E-state index contributed by atoms with van der Waals surface area (Å²) in [5.74, 6) is 0.315. The van der Waals surface area contributed by atoms with Gasteiger partial charge in [-0.2, -0.15) is 0 Å². The summed E-state index contributed by atoms with van der Waals surface area (Å²) in [6.07, 6.45) is 0.614. The van der Waals surface area contributed by atoms with E-state index in [-0.39, 0.29) is 28.8 Å². The van der Waals surface area contributed by atoms with Gasteiger partial charge in [-0.05, 0) is 12.3 Å². The third-order valence-corrected chi connectivity index (χ3v) is 5.06. The monoisotopic (exact) mass is 288 g/mol. The predicted molar refractivity (Wildman–Crippen MR) is 72.6 cm³/mol. The number of hydrogen-bond donors (Lipinski definition) is 2. The molecule has 1 aromatic carbocycles. The van der Waals surface area contributed by atoms with E-state index in [4.69, 9.17) is 10.5 Å². The van der Waals surface area contributed by atoms with E-state index in [2.05, 4.69) is 5.32 Å². The zero-order valence-corrected chi connectivity index (χ0v) is 11.5. The summed E-state index contributed by atoms with van der Waals surface area (Å²) in [5, 5.41) is 2.92. The molecule has 1 aromatic rings. The third kappa shape index (κ3) is 3.28. The second kappa shape index (κ2) is 5.24. The highest BCUT2D eigenvalue weighted by Crippen LogP contribution is 2.29. The molecular weight excluding hydrogens is 271 g/mol. The molecule has 19 heavy (non-hydrogen) atoms. The van der Waals surface area contributed by atoms with Crippen LogP contribution in [0.3, 0.4) is 0 Å². The SMILES string of the molecule is COc1cc(NCC2CCS(=O)(=O)C2)c(F)cc1N. The van der Waals surface area contributed by atoms with Gasteiger partial charge in [0, 0.05) is 18.7 Å². The molecule has 2 rings (SSSR count). The van der Waals surface area contributed by atoms with Gasteiger partial charge in [-0.1, -0.05) is 0 Å². The molecule has 0 radical (unpaired) electrons. The minimum absolute atomic E-state index is 0.0212. The van der Waals surface area contributed by atoms with Crippen LogP contribution >= 0.6 is 0 Å². The summed E-state index contributed by atoms with van der Waals surface area (Å²) in [5.41, 5.74) is 6.09. The molecule has 0 aliphatic carbocycles. The fourth-order valence-corrected chi connectivity index (χ4v) is 4.03. The highest BCUT2D eigenvalue weighted by atomic mass is 32.2. The standard InChI is InChI=1S/C12H17FN2O3S/c1-18-12-5-11(9(13)4-10(12)14)15-6-8-2-3-19(16,17)7-8/h4-5,8,15H,2-3,6-7,14H2,1H3. The Labute approximate surface area is 111 Å². The van der Waals surface area contributed by atoms with Gasteiger partial charge in [0.25, 0.3) is 0 Å². The minimum Gasteiger partial charge on any atom is -0.495 e. The molecule has 5 nitrogen and oxygen atoms in total. The summed E-state index contributed by atoms with van der Waals surface area (Å²) < 4.78 is 41.3. The summed E-state index contributed by atoms with van der Waals surface area (Å²) in [6.45, 7) is 0.420. The lowest BCUT2D eigenvalue weighted by atomic mass is 10.1. The number of sulfone groups is 1. The Balaban J connectivity index is 2.04. The van der Waals surface area contributed by atoms with Crippen molar-refractivity contribution in [3.05, 3.63) is 17.9 Å². The van der Waals surface area contributed by atoms with Crippen LogP contribution in [0, 0.1) is 11.7 Å². The van der Waals surface area contributed by atoms with Crippen molar-refractivity contribution >= 4 is 21.2 Å². The highest BCUT2D eigenvalue weighted by molar-refractivity contribution is 7.91. The normalized spacial score (nSPS) is 21.3. The fourth-order valence-electron chi connectivity index (χ4n) is 2.17. The number of hydrogen-bond acceptors (Lipinski definition) is 5. The zero-order valence-electron chi connectivity index (χ0n) is 10.6. The van der Waals surface area contributed by atoms with Gasteiger partial charge < -0.3 is 15.8 Å². The minimum atomic E-state index is -2.91. The molecule has 106 valence electrons. The van der Waals surface area contributed by atoms with Crippen molar-refractivity contribution in [3.63, 3.8) is 0 Å². The molecular formula is C12H17FN2O3S. The molecule has 3 N–H and O–H groups in total. The number of nitrogen functional groups attached to an aromatic ring is 1. The fraction of sp³-hybridized carbons (Fsp3) is 0.500.